The number of aliphatic carboxylic acids is 1. The number of carboxylic acids is 1. The number of aliphatic hydroxyl groups excluding tert-OH is 1. The highest BCUT2D eigenvalue weighted by atomic mass is 16.4. The monoisotopic (exact) mass is 172 g/mol. The van der Waals surface area contributed by atoms with Gasteiger partial charge < -0.3 is 15.0 Å². The fourth-order valence-corrected chi connectivity index (χ4v) is 0.364. The third-order valence-electron chi connectivity index (χ3n) is 1.03. The maximum atomic E-state index is 9.34. The second-order valence-corrected chi connectivity index (χ2v) is 2.27. The molecule has 0 radical (unpaired) electrons. The number of nitrogens with one attached hydrogen (secondary N) is 1. The van der Waals surface area contributed by atoms with Gasteiger partial charge in [0.25, 0.3) is 0 Å². The molecule has 0 aliphatic carbocycles. The average Bonchev–Trinajstić information content (AvgIpc) is 2.40. The summed E-state index contributed by atoms with van der Waals surface area (Å²) >= 11 is 0. The first kappa shape index (κ1) is 10.6. The van der Waals surface area contributed by atoms with Crippen LogP contribution in [-0.2, 0) is 11.8 Å². The zero-order valence-corrected chi connectivity index (χ0v) is 7.02. The van der Waals surface area contributed by atoms with Crippen LogP contribution in [0, 0.1) is 0 Å². The minimum Gasteiger partial charge on any atom is -0.547 e. The summed E-state index contributed by atoms with van der Waals surface area (Å²) in [5.74, 6) is -1.44. The Kier molecular flexibility index (Phi) is 4.71. The van der Waals surface area contributed by atoms with Gasteiger partial charge in [-0.05, 0) is 6.92 Å². The van der Waals surface area contributed by atoms with E-state index in [2.05, 4.69) is 4.98 Å². The smallest absolute Gasteiger partial charge is 0.241 e. The first-order valence-corrected chi connectivity index (χ1v) is 3.41. The van der Waals surface area contributed by atoms with Crippen molar-refractivity contribution < 1.29 is 19.6 Å². The molecule has 1 aromatic heterocycles. The third-order valence-corrected chi connectivity index (χ3v) is 1.03. The van der Waals surface area contributed by atoms with Crippen LogP contribution in [0.2, 0.25) is 0 Å². The summed E-state index contributed by atoms with van der Waals surface area (Å²) in [6, 6.07) is 0. The lowest BCUT2D eigenvalue weighted by Gasteiger charge is -2.00. The van der Waals surface area contributed by atoms with Gasteiger partial charge in [-0.3, -0.25) is 4.98 Å². The van der Waals surface area contributed by atoms with Gasteiger partial charge in [0.2, 0.25) is 6.33 Å². The number of hydrogen-bond acceptors (Lipinski definition) is 3. The fraction of sp³-hybridized carbons (Fsp3) is 0.429. The van der Waals surface area contributed by atoms with E-state index in [-0.39, 0.29) is 0 Å². The van der Waals surface area contributed by atoms with Gasteiger partial charge in [0.15, 0.2) is 0 Å². The van der Waals surface area contributed by atoms with Crippen molar-refractivity contribution in [3.05, 3.63) is 18.7 Å². The standard InChI is InChI=1S/C4H6N2.C3H6O3/c1-6-3-2-5-4-6;1-2(4)3(5)6/h2-4H,1H3;2,4H,1H3,(H,5,6)/t;2-/m.0/s1. The minimum absolute atomic E-state index is 1.13. The molecule has 5 nitrogen and oxygen atoms in total. The van der Waals surface area contributed by atoms with Gasteiger partial charge in [-0.1, -0.05) is 0 Å². The van der Waals surface area contributed by atoms with Gasteiger partial charge in [0, 0.05) is 0 Å². The van der Waals surface area contributed by atoms with E-state index in [0.29, 0.717) is 0 Å². The van der Waals surface area contributed by atoms with Gasteiger partial charge >= 0.3 is 0 Å². The van der Waals surface area contributed by atoms with E-state index in [4.69, 9.17) is 5.11 Å². The molecule has 1 rings (SSSR count). The zero-order chi connectivity index (χ0) is 9.56. The molecule has 0 amide bonds. The Hall–Kier alpha value is -1.36. The number of carbonyl (C=O) groups excluding carboxylic acids is 1. The van der Waals surface area contributed by atoms with Crippen molar-refractivity contribution >= 4 is 5.97 Å². The molecule has 12 heavy (non-hydrogen) atoms. The van der Waals surface area contributed by atoms with Gasteiger partial charge in [-0.25, -0.2) is 4.57 Å². The summed E-state index contributed by atoms with van der Waals surface area (Å²) in [7, 11) is 1.97. The molecular formula is C7H12N2O3. The summed E-state index contributed by atoms with van der Waals surface area (Å²) in [5, 5.41) is 17.3. The van der Waals surface area contributed by atoms with Crippen LogP contribution in [0.3, 0.4) is 0 Å². The lowest BCUT2D eigenvalue weighted by molar-refractivity contribution is -0.670. The summed E-state index contributed by atoms with van der Waals surface area (Å²) in [4.78, 5) is 12.2. The van der Waals surface area contributed by atoms with Crippen LogP contribution >= 0.6 is 0 Å². The van der Waals surface area contributed by atoms with Gasteiger partial charge in [0.05, 0.1) is 19.1 Å². The molecule has 0 fully saturated rings. The van der Waals surface area contributed by atoms with Crippen LogP contribution in [0.5, 0.6) is 0 Å². The quantitative estimate of drug-likeness (QED) is 0.479. The Bertz CT molecular complexity index is 219. The lowest BCUT2D eigenvalue weighted by atomic mass is 10.4. The van der Waals surface area contributed by atoms with Crippen molar-refractivity contribution in [2.24, 2.45) is 7.05 Å². The van der Waals surface area contributed by atoms with Crippen LogP contribution in [0.25, 0.3) is 0 Å². The largest absolute Gasteiger partial charge is 0.547 e. The fourth-order valence-electron chi connectivity index (χ4n) is 0.364. The number of carbonyl (C=O) groups is 1. The molecule has 1 atom stereocenters. The van der Waals surface area contributed by atoms with Crippen molar-refractivity contribution in [3.63, 3.8) is 0 Å². The molecule has 1 aromatic rings. The number of aliphatic hydroxyl groups is 1. The normalized spacial score (nSPS) is 11.2. The Labute approximate surface area is 70.3 Å². The molecule has 0 aliphatic rings. The van der Waals surface area contributed by atoms with Crippen LogP contribution in [-0.4, -0.2) is 22.2 Å². The van der Waals surface area contributed by atoms with E-state index in [1.54, 1.807) is 0 Å². The van der Waals surface area contributed by atoms with E-state index in [9.17, 15) is 9.90 Å². The molecule has 5 heteroatoms. The second-order valence-electron chi connectivity index (χ2n) is 2.27. The van der Waals surface area contributed by atoms with Crippen LogP contribution in [0.1, 0.15) is 6.92 Å². The Morgan fingerprint density at radius 2 is 2.25 bits per heavy atom. The van der Waals surface area contributed by atoms with E-state index in [0.717, 1.165) is 6.92 Å². The van der Waals surface area contributed by atoms with Gasteiger partial charge in [0.1, 0.15) is 12.4 Å². The highest BCUT2D eigenvalue weighted by molar-refractivity contribution is 5.68. The molecule has 2 N–H and O–H groups in total. The summed E-state index contributed by atoms with van der Waals surface area (Å²) < 4.78 is 1.94. The number of nitrogens with zero attached hydrogens (tertiary/aromatic N) is 1. The van der Waals surface area contributed by atoms with Crippen LogP contribution in [0.4, 0.5) is 0 Å². The molecular weight excluding hydrogens is 160 g/mol. The zero-order valence-electron chi connectivity index (χ0n) is 7.02. The predicted molar refractivity (Wildman–Crippen MR) is 38.7 cm³/mol. The van der Waals surface area contributed by atoms with Crippen molar-refractivity contribution in [3.8, 4) is 0 Å². The molecule has 68 valence electrons. The van der Waals surface area contributed by atoms with E-state index >= 15 is 0 Å². The first-order chi connectivity index (χ1) is 5.54. The van der Waals surface area contributed by atoms with Gasteiger partial charge in [-0.2, -0.15) is 0 Å². The average molecular weight is 172 g/mol. The van der Waals surface area contributed by atoms with Crippen molar-refractivity contribution in [2.75, 3.05) is 0 Å². The molecule has 0 aliphatic heterocycles. The number of H-pyrrole nitrogens is 1. The number of aryl methyl sites for hydroxylation is 1. The highest BCUT2D eigenvalue weighted by Gasteiger charge is 1.89. The first-order valence-electron chi connectivity index (χ1n) is 3.41. The minimum atomic E-state index is -1.44. The second kappa shape index (κ2) is 5.31. The third kappa shape index (κ3) is 5.43. The van der Waals surface area contributed by atoms with Crippen molar-refractivity contribution in [1.82, 2.24) is 4.98 Å². The molecule has 0 saturated heterocycles. The summed E-state index contributed by atoms with van der Waals surface area (Å²) in [5.41, 5.74) is 0. The van der Waals surface area contributed by atoms with Crippen LogP contribution < -0.4 is 9.67 Å². The molecule has 0 bridgehead atoms. The maximum absolute atomic E-state index is 9.34. The molecule has 0 aromatic carbocycles. The van der Waals surface area contributed by atoms with E-state index in [1.165, 1.54) is 0 Å². The number of aromatic nitrogens is 2. The van der Waals surface area contributed by atoms with E-state index in [1.807, 2.05) is 30.3 Å². The predicted octanol–water partition coefficient (Wildman–Crippen LogP) is -2.04. The topological polar surface area (TPSA) is 80.0 Å². The molecule has 0 spiro atoms. The number of rotatable bonds is 1. The SMILES string of the molecule is C[C@H](O)C(=O)[O-].C[n+]1cc[nH]c1. The highest BCUT2D eigenvalue weighted by Crippen LogP contribution is 1.69. The van der Waals surface area contributed by atoms with Crippen LogP contribution in [0.15, 0.2) is 18.7 Å². The maximum Gasteiger partial charge on any atom is 0.241 e. The molecule has 0 unspecified atom stereocenters. The Morgan fingerprint density at radius 1 is 1.75 bits per heavy atom. The van der Waals surface area contributed by atoms with E-state index < -0.39 is 12.1 Å². The number of carboxylic acid groups (broad SMARTS) is 1. The Balaban J connectivity index is 0.000000202. The van der Waals surface area contributed by atoms with Gasteiger partial charge in [-0.15, -0.1) is 0 Å². The molecule has 0 saturated carbocycles. The summed E-state index contributed by atoms with van der Waals surface area (Å²) in [6.07, 6.45) is 4.35. The Morgan fingerprint density at radius 3 is 2.33 bits per heavy atom. The number of hydrogen-bond donors (Lipinski definition) is 2. The van der Waals surface area contributed by atoms with Crippen molar-refractivity contribution in [2.45, 2.75) is 13.0 Å². The summed E-state index contributed by atoms with van der Waals surface area (Å²) in [6.45, 7) is 1.13. The number of imidazole rings is 1. The lowest BCUT2D eigenvalue weighted by Crippen LogP contribution is -2.32. The number of aromatic amines is 1. The van der Waals surface area contributed by atoms with Crippen molar-refractivity contribution in [1.29, 1.82) is 0 Å². The molecule has 1 heterocycles.